The van der Waals surface area contributed by atoms with Gasteiger partial charge in [0.2, 0.25) is 0 Å². The Kier molecular flexibility index (Phi) is 8.15. The van der Waals surface area contributed by atoms with Crippen LogP contribution in [0, 0.1) is 5.82 Å². The summed E-state index contributed by atoms with van der Waals surface area (Å²) in [7, 11) is 3.16. The van der Waals surface area contributed by atoms with E-state index in [-0.39, 0.29) is 11.6 Å². The lowest BCUT2D eigenvalue weighted by atomic mass is 9.93. The highest BCUT2D eigenvalue weighted by Crippen LogP contribution is 2.32. The van der Waals surface area contributed by atoms with E-state index in [9.17, 15) is 9.18 Å². The van der Waals surface area contributed by atoms with Gasteiger partial charge < -0.3 is 19.9 Å². The minimum absolute atomic E-state index is 0.0568. The second-order valence-electron chi connectivity index (χ2n) is 6.37. The van der Waals surface area contributed by atoms with Crippen molar-refractivity contribution in [2.45, 2.75) is 19.0 Å². The number of carboxylic acids is 1. The third-order valence-corrected chi connectivity index (χ3v) is 6.03. The summed E-state index contributed by atoms with van der Waals surface area (Å²) in [6.07, 6.45) is 0. The minimum Gasteiger partial charge on any atom is -0.497 e. The van der Waals surface area contributed by atoms with E-state index < -0.39 is 11.5 Å². The summed E-state index contributed by atoms with van der Waals surface area (Å²) in [4.78, 5) is 10.9. The van der Waals surface area contributed by atoms with Gasteiger partial charge in [-0.2, -0.15) is 0 Å². The Balaban J connectivity index is 2.29. The fraction of sp³-hybridized carbons (Fsp3) is 0.350. The average Bonchev–Trinajstić information content (AvgIpc) is 2.67. The first-order valence-electron chi connectivity index (χ1n) is 8.50. The van der Waals surface area contributed by atoms with Gasteiger partial charge in [0.15, 0.2) is 0 Å². The summed E-state index contributed by atoms with van der Waals surface area (Å²) in [5.41, 5.74) is 0.555. The van der Waals surface area contributed by atoms with Gasteiger partial charge in [0.25, 0.3) is 0 Å². The number of benzene rings is 2. The molecule has 2 N–H and O–H groups in total. The normalized spacial score (nSPS) is 13.0. The Bertz CT molecular complexity index is 836. The first-order chi connectivity index (χ1) is 13.3. The van der Waals surface area contributed by atoms with Crippen LogP contribution >= 0.6 is 27.7 Å². The second-order valence-corrected chi connectivity index (χ2v) is 8.28. The Hall–Kier alpha value is -1.77. The third-order valence-electron chi connectivity index (χ3n) is 4.30. The molecule has 28 heavy (non-hydrogen) atoms. The number of ether oxygens (including phenoxy) is 2. The molecule has 5 nitrogen and oxygen atoms in total. The first kappa shape index (κ1) is 22.5. The lowest BCUT2D eigenvalue weighted by Crippen LogP contribution is -2.42. The molecule has 0 amide bonds. The van der Waals surface area contributed by atoms with E-state index in [1.54, 1.807) is 32.4 Å². The minimum atomic E-state index is -0.904. The SMILES string of the molecule is COc1ccc(CN[C@@](C)(CSCC(=O)O)c2cc(Br)ccc2F)c(OC)c1. The largest absolute Gasteiger partial charge is 0.497 e. The molecule has 0 unspecified atom stereocenters. The third kappa shape index (κ3) is 5.86. The highest BCUT2D eigenvalue weighted by molar-refractivity contribution is 9.10. The van der Waals surface area contributed by atoms with E-state index in [0.29, 0.717) is 29.4 Å². The number of halogens is 2. The molecule has 0 heterocycles. The number of carboxylic acid groups (broad SMARTS) is 1. The summed E-state index contributed by atoms with van der Waals surface area (Å²) in [6, 6.07) is 10.2. The predicted octanol–water partition coefficient (Wildman–Crippen LogP) is 4.43. The molecule has 2 aromatic rings. The van der Waals surface area contributed by atoms with Crippen LogP contribution in [0.3, 0.4) is 0 Å². The Morgan fingerprint density at radius 2 is 2.00 bits per heavy atom. The van der Waals surface area contributed by atoms with Gasteiger partial charge in [0.1, 0.15) is 17.3 Å². The smallest absolute Gasteiger partial charge is 0.313 e. The Labute approximate surface area is 176 Å². The molecule has 0 radical (unpaired) electrons. The fourth-order valence-corrected chi connectivity index (χ4v) is 4.08. The monoisotopic (exact) mass is 471 g/mol. The topological polar surface area (TPSA) is 67.8 Å². The van der Waals surface area contributed by atoms with Crippen LogP contribution in [-0.4, -0.2) is 36.8 Å². The van der Waals surface area contributed by atoms with Crippen molar-refractivity contribution < 1.29 is 23.8 Å². The van der Waals surface area contributed by atoms with Gasteiger partial charge >= 0.3 is 5.97 Å². The van der Waals surface area contributed by atoms with Gasteiger partial charge in [-0.15, -0.1) is 11.8 Å². The van der Waals surface area contributed by atoms with Crippen LogP contribution < -0.4 is 14.8 Å². The number of hydrogen-bond donors (Lipinski definition) is 2. The molecule has 0 saturated heterocycles. The Morgan fingerprint density at radius 3 is 2.64 bits per heavy atom. The number of carbonyl (C=O) groups is 1. The zero-order chi connectivity index (χ0) is 20.7. The van der Waals surface area contributed by atoms with Crippen LogP contribution in [0.2, 0.25) is 0 Å². The van der Waals surface area contributed by atoms with Crippen LogP contribution in [0.4, 0.5) is 4.39 Å². The summed E-state index contributed by atoms with van der Waals surface area (Å²) in [6.45, 7) is 2.27. The molecule has 8 heteroatoms. The summed E-state index contributed by atoms with van der Waals surface area (Å²) in [5, 5.41) is 12.3. The van der Waals surface area contributed by atoms with Gasteiger partial charge in [-0.1, -0.05) is 22.0 Å². The quantitative estimate of drug-likeness (QED) is 0.534. The first-order valence-corrected chi connectivity index (χ1v) is 10.4. The van der Waals surface area contributed by atoms with Crippen LogP contribution in [-0.2, 0) is 16.9 Å². The number of aliphatic carboxylic acids is 1. The van der Waals surface area contributed by atoms with E-state index in [0.717, 1.165) is 10.0 Å². The fourth-order valence-electron chi connectivity index (χ4n) is 2.78. The predicted molar refractivity (Wildman–Crippen MR) is 113 cm³/mol. The average molecular weight is 472 g/mol. The van der Waals surface area contributed by atoms with Crippen molar-refractivity contribution in [2.75, 3.05) is 25.7 Å². The molecule has 0 fully saturated rings. The van der Waals surface area contributed by atoms with E-state index in [1.165, 1.54) is 17.8 Å². The highest BCUT2D eigenvalue weighted by atomic mass is 79.9. The van der Waals surface area contributed by atoms with Gasteiger partial charge in [0.05, 0.1) is 25.5 Å². The zero-order valence-electron chi connectivity index (χ0n) is 15.9. The molecule has 0 saturated carbocycles. The van der Waals surface area contributed by atoms with Gasteiger partial charge in [-0.05, 0) is 31.2 Å². The van der Waals surface area contributed by atoms with Gasteiger partial charge in [-0.3, -0.25) is 4.79 Å². The number of methoxy groups -OCH3 is 2. The van der Waals surface area contributed by atoms with Crippen molar-refractivity contribution in [1.29, 1.82) is 0 Å². The molecular formula is C20H23BrFNO4S. The maximum Gasteiger partial charge on any atom is 0.313 e. The molecule has 0 aliphatic heterocycles. The van der Waals surface area contributed by atoms with Crippen LogP contribution in [0.1, 0.15) is 18.1 Å². The zero-order valence-corrected chi connectivity index (χ0v) is 18.3. The molecular weight excluding hydrogens is 449 g/mol. The number of hydrogen-bond acceptors (Lipinski definition) is 5. The van der Waals surface area contributed by atoms with Crippen molar-refractivity contribution in [3.05, 3.63) is 57.8 Å². The van der Waals surface area contributed by atoms with Gasteiger partial charge in [-0.25, -0.2) is 4.39 Å². The van der Waals surface area contributed by atoms with Crippen molar-refractivity contribution in [3.8, 4) is 11.5 Å². The maximum atomic E-state index is 14.6. The van der Waals surface area contributed by atoms with Crippen molar-refractivity contribution in [1.82, 2.24) is 5.32 Å². The van der Waals surface area contributed by atoms with E-state index in [1.807, 2.05) is 19.1 Å². The van der Waals surface area contributed by atoms with Crippen LogP contribution in [0.25, 0.3) is 0 Å². The van der Waals surface area contributed by atoms with E-state index in [2.05, 4.69) is 21.2 Å². The lowest BCUT2D eigenvalue weighted by molar-refractivity contribution is -0.133. The highest BCUT2D eigenvalue weighted by Gasteiger charge is 2.30. The number of nitrogens with one attached hydrogen (secondary N) is 1. The molecule has 2 aromatic carbocycles. The number of rotatable bonds is 10. The summed E-state index contributed by atoms with van der Waals surface area (Å²) in [5.74, 6) is 0.402. The molecule has 0 spiro atoms. The molecule has 0 aliphatic carbocycles. The standard InChI is InChI=1S/C20H23BrFNO4S/c1-20(12-28-11-19(24)25,16-8-14(21)5-7-17(16)22)23-10-13-4-6-15(26-2)9-18(13)27-3/h4-9,23H,10-12H2,1-3H3,(H,24,25)/t20-/m0/s1. The summed E-state index contributed by atoms with van der Waals surface area (Å²) < 4.78 is 26.0. The molecule has 2 rings (SSSR count). The molecule has 0 aromatic heterocycles. The molecule has 1 atom stereocenters. The molecule has 152 valence electrons. The van der Waals surface area contributed by atoms with Crippen molar-refractivity contribution in [3.63, 3.8) is 0 Å². The van der Waals surface area contributed by atoms with Crippen LogP contribution in [0.15, 0.2) is 40.9 Å². The van der Waals surface area contributed by atoms with Gasteiger partial charge in [0, 0.05) is 34.0 Å². The second kappa shape index (κ2) is 10.1. The van der Waals surface area contributed by atoms with Crippen molar-refractivity contribution in [2.24, 2.45) is 0 Å². The van der Waals surface area contributed by atoms with E-state index in [4.69, 9.17) is 14.6 Å². The molecule has 0 aliphatic rings. The maximum absolute atomic E-state index is 14.6. The van der Waals surface area contributed by atoms with Crippen molar-refractivity contribution >= 4 is 33.7 Å². The van der Waals surface area contributed by atoms with Crippen LogP contribution in [0.5, 0.6) is 11.5 Å². The summed E-state index contributed by atoms with van der Waals surface area (Å²) >= 11 is 4.62. The number of thioether (sulfide) groups is 1. The molecule has 0 bridgehead atoms. The Morgan fingerprint density at radius 1 is 1.25 bits per heavy atom. The lowest BCUT2D eigenvalue weighted by Gasteiger charge is -2.32. The van der Waals surface area contributed by atoms with E-state index >= 15 is 0 Å².